The van der Waals surface area contributed by atoms with Gasteiger partial charge in [-0.25, -0.2) is 0 Å². The van der Waals surface area contributed by atoms with Crippen LogP contribution in [0.15, 0.2) is 0 Å². The molecule has 1 aliphatic heterocycles. The summed E-state index contributed by atoms with van der Waals surface area (Å²) in [6.45, 7) is 4.21. The smallest absolute Gasteiger partial charge is 0.0576 e. The molecule has 1 heterocycles. The van der Waals surface area contributed by atoms with Crippen LogP contribution in [0.1, 0.15) is 45.4 Å². The molecule has 86 valence electrons. The summed E-state index contributed by atoms with van der Waals surface area (Å²) in [5, 5.41) is 3.50. The van der Waals surface area contributed by atoms with Crippen molar-refractivity contribution in [2.45, 2.75) is 57.6 Å². The van der Waals surface area contributed by atoms with Gasteiger partial charge in [0.05, 0.1) is 6.10 Å². The molecule has 0 aromatic rings. The normalized spacial score (nSPS) is 22.5. The molecule has 0 bridgehead atoms. The first-order valence-corrected chi connectivity index (χ1v) is 6.15. The van der Waals surface area contributed by atoms with Gasteiger partial charge in [0.15, 0.2) is 0 Å². The van der Waals surface area contributed by atoms with Crippen molar-refractivity contribution in [2.75, 3.05) is 13.2 Å². The Kier molecular flexibility index (Phi) is 6.47. The molecule has 1 N–H and O–H groups in total. The van der Waals surface area contributed by atoms with Crippen LogP contribution >= 0.6 is 0 Å². The van der Waals surface area contributed by atoms with Crippen molar-refractivity contribution < 1.29 is 4.74 Å². The number of hydrogen-bond acceptors (Lipinski definition) is 2. The van der Waals surface area contributed by atoms with E-state index < -0.39 is 0 Å². The summed E-state index contributed by atoms with van der Waals surface area (Å²) in [5.74, 6) is 2.71. The largest absolute Gasteiger partial charge is 0.378 e. The summed E-state index contributed by atoms with van der Waals surface area (Å²) in [7, 11) is 0. The highest BCUT2D eigenvalue weighted by Crippen LogP contribution is 2.16. The molecule has 1 aliphatic rings. The Balaban J connectivity index is 1.97. The topological polar surface area (TPSA) is 21.3 Å². The van der Waals surface area contributed by atoms with Crippen molar-refractivity contribution >= 4 is 0 Å². The lowest BCUT2D eigenvalue weighted by atomic mass is 10.1. The van der Waals surface area contributed by atoms with Crippen molar-refractivity contribution in [2.24, 2.45) is 0 Å². The third-order valence-corrected chi connectivity index (χ3v) is 3.02. The van der Waals surface area contributed by atoms with E-state index in [1.165, 1.54) is 25.7 Å². The second-order valence-electron chi connectivity index (χ2n) is 4.24. The molecule has 0 amide bonds. The zero-order valence-electron chi connectivity index (χ0n) is 9.80. The van der Waals surface area contributed by atoms with E-state index in [1.54, 1.807) is 0 Å². The summed E-state index contributed by atoms with van der Waals surface area (Å²) in [6, 6.07) is 0.500. The van der Waals surface area contributed by atoms with E-state index in [0.29, 0.717) is 12.1 Å². The molecule has 0 aromatic heterocycles. The minimum atomic E-state index is 0.500. The first kappa shape index (κ1) is 12.5. The van der Waals surface area contributed by atoms with Gasteiger partial charge >= 0.3 is 0 Å². The molecule has 1 saturated heterocycles. The molecular weight excluding hydrogens is 186 g/mol. The predicted molar refractivity (Wildman–Crippen MR) is 63.7 cm³/mol. The summed E-state index contributed by atoms with van der Waals surface area (Å²) in [6.07, 6.45) is 12.7. The maximum absolute atomic E-state index is 5.57. The van der Waals surface area contributed by atoms with Crippen LogP contribution < -0.4 is 5.32 Å². The Hall–Kier alpha value is -0.520. The molecule has 2 unspecified atom stereocenters. The molecular formula is C13H23NO. The SMILES string of the molecule is C#CCC(CC)NCCCC1CCCO1. The van der Waals surface area contributed by atoms with Gasteiger partial charge in [0.1, 0.15) is 0 Å². The summed E-state index contributed by atoms with van der Waals surface area (Å²) in [4.78, 5) is 0. The standard InChI is InChI=1S/C13H23NO/c1-3-7-12(4-2)14-10-5-8-13-9-6-11-15-13/h1,12-14H,4-11H2,2H3. The van der Waals surface area contributed by atoms with Crippen LogP contribution in [-0.2, 0) is 4.74 Å². The van der Waals surface area contributed by atoms with Gasteiger partial charge in [0, 0.05) is 19.1 Å². The van der Waals surface area contributed by atoms with E-state index in [2.05, 4.69) is 18.2 Å². The maximum Gasteiger partial charge on any atom is 0.0576 e. The quantitative estimate of drug-likeness (QED) is 0.513. The highest BCUT2D eigenvalue weighted by Gasteiger charge is 2.14. The van der Waals surface area contributed by atoms with Gasteiger partial charge in [-0.05, 0) is 38.6 Å². The Labute approximate surface area is 93.8 Å². The molecule has 2 atom stereocenters. The zero-order chi connectivity index (χ0) is 10.9. The molecule has 2 nitrogen and oxygen atoms in total. The Morgan fingerprint density at radius 2 is 2.47 bits per heavy atom. The van der Waals surface area contributed by atoms with Gasteiger partial charge < -0.3 is 10.1 Å². The fourth-order valence-electron chi connectivity index (χ4n) is 2.01. The average Bonchev–Trinajstić information content (AvgIpc) is 2.75. The number of rotatable bonds is 7. The maximum atomic E-state index is 5.57. The number of terminal acetylenes is 1. The van der Waals surface area contributed by atoms with Gasteiger partial charge in [-0.1, -0.05) is 6.92 Å². The summed E-state index contributed by atoms with van der Waals surface area (Å²) < 4.78 is 5.57. The van der Waals surface area contributed by atoms with Crippen molar-refractivity contribution in [1.29, 1.82) is 0 Å². The lowest BCUT2D eigenvalue weighted by Crippen LogP contribution is -2.29. The van der Waals surface area contributed by atoms with Crippen LogP contribution in [0, 0.1) is 12.3 Å². The fourth-order valence-corrected chi connectivity index (χ4v) is 2.01. The Morgan fingerprint density at radius 3 is 3.07 bits per heavy atom. The third-order valence-electron chi connectivity index (χ3n) is 3.02. The lowest BCUT2D eigenvalue weighted by molar-refractivity contribution is 0.102. The second-order valence-corrected chi connectivity index (χ2v) is 4.24. The molecule has 0 aliphatic carbocycles. The molecule has 0 spiro atoms. The fraction of sp³-hybridized carbons (Fsp3) is 0.846. The molecule has 0 aromatic carbocycles. The number of ether oxygens (including phenoxy) is 1. The van der Waals surface area contributed by atoms with Gasteiger partial charge in [0.2, 0.25) is 0 Å². The number of hydrogen-bond donors (Lipinski definition) is 1. The van der Waals surface area contributed by atoms with Crippen LogP contribution in [0.2, 0.25) is 0 Å². The zero-order valence-corrected chi connectivity index (χ0v) is 9.80. The van der Waals surface area contributed by atoms with Gasteiger partial charge in [0.25, 0.3) is 0 Å². The molecule has 1 fully saturated rings. The summed E-state index contributed by atoms with van der Waals surface area (Å²) >= 11 is 0. The highest BCUT2D eigenvalue weighted by atomic mass is 16.5. The van der Waals surface area contributed by atoms with E-state index in [4.69, 9.17) is 11.2 Å². The van der Waals surface area contributed by atoms with E-state index in [0.717, 1.165) is 26.0 Å². The Morgan fingerprint density at radius 1 is 1.60 bits per heavy atom. The van der Waals surface area contributed by atoms with Crippen LogP contribution in [0.3, 0.4) is 0 Å². The van der Waals surface area contributed by atoms with Crippen molar-refractivity contribution in [3.8, 4) is 12.3 Å². The number of nitrogens with one attached hydrogen (secondary N) is 1. The highest BCUT2D eigenvalue weighted by molar-refractivity contribution is 4.89. The van der Waals surface area contributed by atoms with E-state index in [-0.39, 0.29) is 0 Å². The van der Waals surface area contributed by atoms with Crippen molar-refractivity contribution in [1.82, 2.24) is 5.32 Å². The first-order chi connectivity index (χ1) is 7.36. The molecule has 15 heavy (non-hydrogen) atoms. The minimum absolute atomic E-state index is 0.500. The van der Waals surface area contributed by atoms with Crippen LogP contribution in [-0.4, -0.2) is 25.3 Å². The monoisotopic (exact) mass is 209 g/mol. The molecule has 0 saturated carbocycles. The van der Waals surface area contributed by atoms with Crippen LogP contribution in [0.25, 0.3) is 0 Å². The van der Waals surface area contributed by atoms with E-state index in [9.17, 15) is 0 Å². The van der Waals surface area contributed by atoms with E-state index >= 15 is 0 Å². The summed E-state index contributed by atoms with van der Waals surface area (Å²) in [5.41, 5.74) is 0. The van der Waals surface area contributed by atoms with Gasteiger partial charge in [-0.3, -0.25) is 0 Å². The molecule has 1 rings (SSSR count). The first-order valence-electron chi connectivity index (χ1n) is 6.15. The van der Waals surface area contributed by atoms with Gasteiger partial charge in [-0.2, -0.15) is 0 Å². The van der Waals surface area contributed by atoms with Crippen LogP contribution in [0.4, 0.5) is 0 Å². The minimum Gasteiger partial charge on any atom is -0.378 e. The lowest BCUT2D eigenvalue weighted by Gasteiger charge is -2.15. The van der Waals surface area contributed by atoms with Crippen molar-refractivity contribution in [3.05, 3.63) is 0 Å². The van der Waals surface area contributed by atoms with Crippen molar-refractivity contribution in [3.63, 3.8) is 0 Å². The average molecular weight is 209 g/mol. The predicted octanol–water partition coefficient (Wildman–Crippen LogP) is 2.34. The molecule has 0 radical (unpaired) electrons. The van der Waals surface area contributed by atoms with Gasteiger partial charge in [-0.15, -0.1) is 12.3 Å². The van der Waals surface area contributed by atoms with E-state index in [1.807, 2.05) is 0 Å². The third kappa shape index (κ3) is 5.20. The second kappa shape index (κ2) is 7.73. The molecule has 2 heteroatoms. The Bertz CT molecular complexity index is 191. The van der Waals surface area contributed by atoms with Crippen LogP contribution in [0.5, 0.6) is 0 Å².